The molecule has 8 heteroatoms. The molecule has 1 aliphatic rings. The molecule has 0 spiro atoms. The maximum absolute atomic E-state index is 13.2. The predicted molar refractivity (Wildman–Crippen MR) is 149 cm³/mol. The third kappa shape index (κ3) is 6.79. The van der Waals surface area contributed by atoms with E-state index in [1.54, 1.807) is 21.3 Å². The summed E-state index contributed by atoms with van der Waals surface area (Å²) in [6.07, 6.45) is 2.15. The van der Waals surface area contributed by atoms with Crippen LogP contribution in [0.15, 0.2) is 48.5 Å². The van der Waals surface area contributed by atoms with Crippen LogP contribution in [-0.2, 0) is 6.54 Å². The van der Waals surface area contributed by atoms with Crippen molar-refractivity contribution in [3.63, 3.8) is 0 Å². The summed E-state index contributed by atoms with van der Waals surface area (Å²) in [4.78, 5) is 17.5. The van der Waals surface area contributed by atoms with Crippen molar-refractivity contribution in [2.24, 2.45) is 0 Å². The SMILES string of the molecule is CCCCOc1ccc2cc(C(=O)N3CCN(Cc4cc(OC)c(OC)c(OC)c4)CC3)ccc2c1.Cl. The van der Waals surface area contributed by atoms with Crippen LogP contribution in [-0.4, -0.2) is 69.8 Å². The molecule has 0 radical (unpaired) electrons. The van der Waals surface area contributed by atoms with Crippen LogP contribution in [0, 0.1) is 0 Å². The quantitative estimate of drug-likeness (QED) is 0.327. The lowest BCUT2D eigenvalue weighted by Gasteiger charge is -2.35. The zero-order valence-corrected chi connectivity index (χ0v) is 22.9. The highest BCUT2D eigenvalue weighted by molar-refractivity contribution is 5.98. The zero-order valence-electron chi connectivity index (χ0n) is 22.1. The van der Waals surface area contributed by atoms with Crippen molar-refractivity contribution in [2.75, 3.05) is 54.1 Å². The molecule has 7 nitrogen and oxygen atoms in total. The second-order valence-corrected chi connectivity index (χ2v) is 9.03. The van der Waals surface area contributed by atoms with Crippen molar-refractivity contribution in [2.45, 2.75) is 26.3 Å². The molecule has 0 N–H and O–H groups in total. The molecule has 1 heterocycles. The number of benzene rings is 3. The molecular formula is C29H37ClN2O5. The summed E-state index contributed by atoms with van der Waals surface area (Å²) in [6.45, 7) is 6.60. The number of hydrogen-bond donors (Lipinski definition) is 0. The van der Waals surface area contributed by atoms with E-state index in [9.17, 15) is 4.79 Å². The van der Waals surface area contributed by atoms with Crippen LogP contribution < -0.4 is 18.9 Å². The minimum atomic E-state index is 0. The smallest absolute Gasteiger partial charge is 0.253 e. The fraction of sp³-hybridized carbons (Fsp3) is 0.414. The Balaban J connectivity index is 0.00000380. The van der Waals surface area contributed by atoms with Crippen molar-refractivity contribution < 1.29 is 23.7 Å². The molecule has 0 atom stereocenters. The molecule has 200 valence electrons. The van der Waals surface area contributed by atoms with Crippen LogP contribution in [0.25, 0.3) is 10.8 Å². The molecule has 0 saturated carbocycles. The number of piperazine rings is 1. The van der Waals surface area contributed by atoms with Crippen LogP contribution in [0.1, 0.15) is 35.7 Å². The number of ether oxygens (including phenoxy) is 4. The number of carbonyl (C=O) groups excluding carboxylic acids is 1. The lowest BCUT2D eigenvalue weighted by Crippen LogP contribution is -2.48. The number of methoxy groups -OCH3 is 3. The zero-order chi connectivity index (χ0) is 25.5. The van der Waals surface area contributed by atoms with E-state index in [-0.39, 0.29) is 18.3 Å². The van der Waals surface area contributed by atoms with Gasteiger partial charge < -0.3 is 23.8 Å². The van der Waals surface area contributed by atoms with Crippen molar-refractivity contribution in [3.05, 3.63) is 59.7 Å². The van der Waals surface area contributed by atoms with Crippen LogP contribution in [0.2, 0.25) is 0 Å². The van der Waals surface area contributed by atoms with Crippen LogP contribution in [0.3, 0.4) is 0 Å². The van der Waals surface area contributed by atoms with E-state index in [2.05, 4.69) is 11.8 Å². The van der Waals surface area contributed by atoms with Crippen molar-refractivity contribution in [3.8, 4) is 23.0 Å². The Morgan fingerprint density at radius 1 is 0.838 bits per heavy atom. The Morgan fingerprint density at radius 2 is 1.49 bits per heavy atom. The maximum atomic E-state index is 13.2. The molecular weight excluding hydrogens is 492 g/mol. The minimum Gasteiger partial charge on any atom is -0.494 e. The van der Waals surface area contributed by atoms with E-state index in [1.807, 2.05) is 53.4 Å². The Labute approximate surface area is 225 Å². The van der Waals surface area contributed by atoms with Gasteiger partial charge in [0, 0.05) is 38.3 Å². The van der Waals surface area contributed by atoms with Gasteiger partial charge in [-0.15, -0.1) is 12.4 Å². The van der Waals surface area contributed by atoms with E-state index in [0.29, 0.717) is 30.3 Å². The average molecular weight is 529 g/mol. The maximum Gasteiger partial charge on any atom is 0.253 e. The minimum absolute atomic E-state index is 0. The molecule has 4 rings (SSSR count). The van der Waals surface area contributed by atoms with Crippen LogP contribution >= 0.6 is 12.4 Å². The third-order valence-corrected chi connectivity index (χ3v) is 6.62. The fourth-order valence-corrected chi connectivity index (χ4v) is 4.56. The lowest BCUT2D eigenvalue weighted by molar-refractivity contribution is 0.0628. The van der Waals surface area contributed by atoms with E-state index in [4.69, 9.17) is 18.9 Å². The Morgan fingerprint density at radius 3 is 2.11 bits per heavy atom. The van der Waals surface area contributed by atoms with E-state index in [0.717, 1.165) is 66.7 Å². The van der Waals surface area contributed by atoms with Crippen LogP contribution in [0.5, 0.6) is 23.0 Å². The topological polar surface area (TPSA) is 60.5 Å². The number of carbonyl (C=O) groups is 1. The molecule has 1 saturated heterocycles. The highest BCUT2D eigenvalue weighted by Gasteiger charge is 2.23. The van der Waals surface area contributed by atoms with E-state index < -0.39 is 0 Å². The number of unbranched alkanes of at least 4 members (excludes halogenated alkanes) is 1. The first kappa shape index (κ1) is 28.4. The molecule has 0 unspecified atom stereocenters. The molecule has 1 fully saturated rings. The van der Waals surface area contributed by atoms with Gasteiger partial charge in [0.25, 0.3) is 5.91 Å². The number of nitrogens with zero attached hydrogens (tertiary/aromatic N) is 2. The van der Waals surface area contributed by atoms with Gasteiger partial charge in [-0.3, -0.25) is 9.69 Å². The van der Waals surface area contributed by atoms with Gasteiger partial charge in [0.1, 0.15) is 5.75 Å². The highest BCUT2D eigenvalue weighted by atomic mass is 35.5. The predicted octanol–water partition coefficient (Wildman–Crippen LogP) is 5.42. The molecule has 0 aliphatic carbocycles. The lowest BCUT2D eigenvalue weighted by atomic mass is 10.1. The van der Waals surface area contributed by atoms with Crippen molar-refractivity contribution in [1.29, 1.82) is 0 Å². The molecule has 3 aromatic carbocycles. The summed E-state index contributed by atoms with van der Waals surface area (Å²) in [5, 5.41) is 2.13. The second kappa shape index (κ2) is 13.4. The monoisotopic (exact) mass is 528 g/mol. The van der Waals surface area contributed by atoms with Gasteiger partial charge in [-0.2, -0.15) is 0 Å². The number of halogens is 1. The van der Waals surface area contributed by atoms with Crippen molar-refractivity contribution in [1.82, 2.24) is 9.80 Å². The van der Waals surface area contributed by atoms with E-state index >= 15 is 0 Å². The standard InChI is InChI=1S/C29H36N2O5.ClH/c1-5-6-15-36-25-10-9-22-18-24(8-7-23(22)19-25)29(32)31-13-11-30(12-14-31)20-21-16-26(33-2)28(35-4)27(17-21)34-3;/h7-10,16-19H,5-6,11-15,20H2,1-4H3;1H. The first-order chi connectivity index (χ1) is 17.6. The summed E-state index contributed by atoms with van der Waals surface area (Å²) in [5.74, 6) is 2.84. The largest absolute Gasteiger partial charge is 0.494 e. The molecule has 1 amide bonds. The average Bonchev–Trinajstić information content (AvgIpc) is 2.92. The summed E-state index contributed by atoms with van der Waals surface area (Å²) in [7, 11) is 4.85. The first-order valence-corrected chi connectivity index (χ1v) is 12.5. The van der Waals surface area contributed by atoms with Gasteiger partial charge in [0.2, 0.25) is 5.75 Å². The van der Waals surface area contributed by atoms with E-state index in [1.165, 1.54) is 0 Å². The van der Waals surface area contributed by atoms with Gasteiger partial charge >= 0.3 is 0 Å². The fourth-order valence-electron chi connectivity index (χ4n) is 4.56. The number of hydrogen-bond acceptors (Lipinski definition) is 6. The molecule has 1 aliphatic heterocycles. The molecule has 0 bridgehead atoms. The van der Waals surface area contributed by atoms with Gasteiger partial charge in [0.15, 0.2) is 11.5 Å². The summed E-state index contributed by atoms with van der Waals surface area (Å²) in [5.41, 5.74) is 1.80. The second-order valence-electron chi connectivity index (χ2n) is 9.03. The Bertz CT molecular complexity index is 1170. The van der Waals surface area contributed by atoms with Gasteiger partial charge in [-0.25, -0.2) is 0 Å². The summed E-state index contributed by atoms with van der Waals surface area (Å²) < 4.78 is 22.2. The normalized spacial score (nSPS) is 13.7. The Hall–Kier alpha value is -3.16. The summed E-state index contributed by atoms with van der Waals surface area (Å²) in [6, 6.07) is 15.9. The molecule has 37 heavy (non-hydrogen) atoms. The number of rotatable bonds is 10. The van der Waals surface area contributed by atoms with Crippen LogP contribution in [0.4, 0.5) is 0 Å². The van der Waals surface area contributed by atoms with Crippen molar-refractivity contribution >= 4 is 29.1 Å². The van der Waals surface area contributed by atoms with Gasteiger partial charge in [-0.05, 0) is 59.2 Å². The third-order valence-electron chi connectivity index (χ3n) is 6.62. The van der Waals surface area contributed by atoms with Gasteiger partial charge in [-0.1, -0.05) is 25.5 Å². The first-order valence-electron chi connectivity index (χ1n) is 12.5. The molecule has 0 aromatic heterocycles. The Kier molecular flexibility index (Phi) is 10.3. The summed E-state index contributed by atoms with van der Waals surface area (Å²) >= 11 is 0. The van der Waals surface area contributed by atoms with Gasteiger partial charge in [0.05, 0.1) is 27.9 Å². The number of fused-ring (bicyclic) bond motifs is 1. The highest BCUT2D eigenvalue weighted by Crippen LogP contribution is 2.38. The molecule has 3 aromatic rings. The number of amides is 1.